The van der Waals surface area contributed by atoms with Crippen LogP contribution >= 0.6 is 0 Å². The number of rotatable bonds is 38. The van der Waals surface area contributed by atoms with Crippen LogP contribution in [0.2, 0.25) is 0 Å². The van der Waals surface area contributed by atoms with E-state index in [1.54, 1.807) is 0 Å². The zero-order valence-corrected chi connectivity index (χ0v) is 27.8. The summed E-state index contributed by atoms with van der Waals surface area (Å²) in [7, 11) is 0. The summed E-state index contributed by atoms with van der Waals surface area (Å²) in [6.45, 7) is 13.4. The van der Waals surface area contributed by atoms with Gasteiger partial charge in [0.1, 0.15) is 13.2 Å². The second-order valence-corrected chi connectivity index (χ2v) is 9.49. The van der Waals surface area contributed by atoms with E-state index in [0.29, 0.717) is 139 Å². The molecule has 14 heteroatoms. The standard InChI is InChI=1S/C31H60O14/c1-3-4-5-6-7-31(33)45-29-27-43-25-23-41-21-19-39-17-15-37-13-11-35-9-8-34-10-12-36-14-16-38-18-20-40-22-24-42-26-28-44-30(2)32/h3-29H2,1-2H3. The molecule has 0 saturated carbocycles. The average Bonchev–Trinajstić information content (AvgIpc) is 3.03. The van der Waals surface area contributed by atoms with Gasteiger partial charge in [-0.1, -0.05) is 26.2 Å². The van der Waals surface area contributed by atoms with Crippen molar-refractivity contribution in [2.75, 3.05) is 145 Å². The molecule has 0 saturated heterocycles. The molecule has 0 radical (unpaired) electrons. The van der Waals surface area contributed by atoms with E-state index >= 15 is 0 Å². The fourth-order valence-corrected chi connectivity index (χ4v) is 3.31. The van der Waals surface area contributed by atoms with Crippen molar-refractivity contribution in [2.45, 2.75) is 46.0 Å². The summed E-state index contributed by atoms with van der Waals surface area (Å²) in [6, 6.07) is 0. The molecular weight excluding hydrogens is 596 g/mol. The first-order chi connectivity index (χ1) is 22.2. The van der Waals surface area contributed by atoms with Crippen molar-refractivity contribution in [2.24, 2.45) is 0 Å². The van der Waals surface area contributed by atoms with E-state index in [4.69, 9.17) is 56.8 Å². The predicted molar refractivity (Wildman–Crippen MR) is 165 cm³/mol. The molecule has 0 atom stereocenters. The average molecular weight is 657 g/mol. The van der Waals surface area contributed by atoms with Crippen molar-refractivity contribution in [3.8, 4) is 0 Å². The Morgan fingerprint density at radius 3 is 0.889 bits per heavy atom. The number of unbranched alkanes of at least 4 members (excludes halogenated alkanes) is 3. The third kappa shape index (κ3) is 40.5. The first kappa shape index (κ1) is 43.5. The lowest BCUT2D eigenvalue weighted by Gasteiger charge is -2.09. The van der Waals surface area contributed by atoms with Gasteiger partial charge in [-0.25, -0.2) is 0 Å². The molecule has 45 heavy (non-hydrogen) atoms. The Labute approximate surface area is 269 Å². The number of esters is 2. The highest BCUT2D eigenvalue weighted by Gasteiger charge is 2.02. The second kappa shape index (κ2) is 38.7. The second-order valence-electron chi connectivity index (χ2n) is 9.49. The minimum absolute atomic E-state index is 0.156. The summed E-state index contributed by atoms with van der Waals surface area (Å²) >= 11 is 0. The SMILES string of the molecule is CCCCCCC(=O)OCCOCCOCCOCCOCCOCCOCCOCCOCCOCCOCCOC(C)=O. The summed E-state index contributed by atoms with van der Waals surface area (Å²) < 4.78 is 64.0. The van der Waals surface area contributed by atoms with Gasteiger partial charge in [0.25, 0.3) is 0 Å². The van der Waals surface area contributed by atoms with Gasteiger partial charge in [-0.15, -0.1) is 0 Å². The van der Waals surface area contributed by atoms with Gasteiger partial charge in [0, 0.05) is 13.3 Å². The van der Waals surface area contributed by atoms with Crippen LogP contribution in [0.15, 0.2) is 0 Å². The molecule has 14 nitrogen and oxygen atoms in total. The monoisotopic (exact) mass is 656 g/mol. The van der Waals surface area contributed by atoms with Crippen LogP contribution in [-0.2, 0) is 66.4 Å². The van der Waals surface area contributed by atoms with Gasteiger partial charge in [-0.3, -0.25) is 9.59 Å². The van der Waals surface area contributed by atoms with Crippen LogP contribution in [0.25, 0.3) is 0 Å². The van der Waals surface area contributed by atoms with Gasteiger partial charge < -0.3 is 56.8 Å². The van der Waals surface area contributed by atoms with Crippen LogP contribution in [0.3, 0.4) is 0 Å². The number of carbonyl (C=O) groups excluding carboxylic acids is 2. The molecule has 0 aliphatic rings. The summed E-state index contributed by atoms with van der Waals surface area (Å²) in [5.74, 6) is -0.469. The lowest BCUT2D eigenvalue weighted by Crippen LogP contribution is -2.15. The molecular formula is C31H60O14. The highest BCUT2D eigenvalue weighted by Crippen LogP contribution is 2.03. The van der Waals surface area contributed by atoms with Crippen LogP contribution in [0.1, 0.15) is 46.0 Å². The maximum Gasteiger partial charge on any atom is 0.305 e. The molecule has 0 amide bonds. The van der Waals surface area contributed by atoms with Crippen molar-refractivity contribution in [3.63, 3.8) is 0 Å². The smallest absolute Gasteiger partial charge is 0.305 e. The van der Waals surface area contributed by atoms with Crippen LogP contribution in [0.4, 0.5) is 0 Å². The Balaban J connectivity index is 3.08. The van der Waals surface area contributed by atoms with Crippen LogP contribution in [0.5, 0.6) is 0 Å². The molecule has 0 aromatic heterocycles. The summed E-state index contributed by atoms with van der Waals surface area (Å²) in [5.41, 5.74) is 0. The van der Waals surface area contributed by atoms with Crippen molar-refractivity contribution in [1.29, 1.82) is 0 Å². The first-order valence-electron chi connectivity index (χ1n) is 16.2. The van der Waals surface area contributed by atoms with Crippen molar-refractivity contribution in [3.05, 3.63) is 0 Å². The minimum atomic E-state index is -0.313. The molecule has 0 aromatic carbocycles. The largest absolute Gasteiger partial charge is 0.463 e. The van der Waals surface area contributed by atoms with E-state index < -0.39 is 0 Å². The van der Waals surface area contributed by atoms with E-state index in [1.165, 1.54) is 6.92 Å². The maximum atomic E-state index is 11.5. The predicted octanol–water partition coefficient (Wildman–Crippen LogP) is 2.23. The Kier molecular flexibility index (Phi) is 37.5. The summed E-state index contributed by atoms with van der Waals surface area (Å²) in [6.07, 6.45) is 4.75. The lowest BCUT2D eigenvalue weighted by molar-refractivity contribution is -0.145. The highest BCUT2D eigenvalue weighted by atomic mass is 16.6. The molecule has 0 aliphatic heterocycles. The van der Waals surface area contributed by atoms with Crippen LogP contribution in [0, 0.1) is 0 Å². The van der Waals surface area contributed by atoms with Gasteiger partial charge in [0.05, 0.1) is 132 Å². The molecule has 0 bridgehead atoms. The van der Waals surface area contributed by atoms with Gasteiger partial charge in [0.2, 0.25) is 0 Å². The molecule has 268 valence electrons. The Bertz CT molecular complexity index is 611. The van der Waals surface area contributed by atoms with E-state index in [1.807, 2.05) is 0 Å². The Hall–Kier alpha value is -1.46. The molecule has 0 rings (SSSR count). The lowest BCUT2D eigenvalue weighted by atomic mass is 10.2. The number of carbonyl (C=O) groups is 2. The van der Waals surface area contributed by atoms with Gasteiger partial charge >= 0.3 is 11.9 Å². The van der Waals surface area contributed by atoms with E-state index in [2.05, 4.69) is 6.92 Å². The zero-order chi connectivity index (χ0) is 32.7. The maximum absolute atomic E-state index is 11.5. The fourth-order valence-electron chi connectivity index (χ4n) is 3.31. The van der Waals surface area contributed by atoms with Crippen LogP contribution < -0.4 is 0 Å². The number of hydrogen-bond donors (Lipinski definition) is 0. The van der Waals surface area contributed by atoms with Crippen molar-refractivity contribution >= 4 is 11.9 Å². The van der Waals surface area contributed by atoms with Gasteiger partial charge in [-0.2, -0.15) is 0 Å². The van der Waals surface area contributed by atoms with Gasteiger partial charge in [-0.05, 0) is 6.42 Å². The minimum Gasteiger partial charge on any atom is -0.463 e. The Morgan fingerprint density at radius 2 is 0.622 bits per heavy atom. The number of hydrogen-bond acceptors (Lipinski definition) is 14. The van der Waals surface area contributed by atoms with E-state index in [0.717, 1.165) is 25.7 Å². The quantitative estimate of drug-likeness (QED) is 0.0707. The van der Waals surface area contributed by atoms with Gasteiger partial charge in [0.15, 0.2) is 0 Å². The van der Waals surface area contributed by atoms with Crippen molar-refractivity contribution in [1.82, 2.24) is 0 Å². The topological polar surface area (TPSA) is 145 Å². The highest BCUT2D eigenvalue weighted by molar-refractivity contribution is 5.69. The first-order valence-corrected chi connectivity index (χ1v) is 16.2. The number of ether oxygens (including phenoxy) is 12. The third-order valence-electron chi connectivity index (χ3n) is 5.61. The molecule has 0 fully saturated rings. The Morgan fingerprint density at radius 1 is 0.356 bits per heavy atom. The molecule has 0 unspecified atom stereocenters. The van der Waals surface area contributed by atoms with E-state index in [-0.39, 0.29) is 25.2 Å². The van der Waals surface area contributed by atoms with Crippen molar-refractivity contribution < 1.29 is 66.4 Å². The van der Waals surface area contributed by atoms with Crippen LogP contribution in [-0.4, -0.2) is 157 Å². The molecule has 0 aliphatic carbocycles. The zero-order valence-electron chi connectivity index (χ0n) is 27.8. The normalized spacial score (nSPS) is 11.2. The summed E-state index contributed by atoms with van der Waals surface area (Å²) in [4.78, 5) is 22.1. The molecule has 0 heterocycles. The van der Waals surface area contributed by atoms with E-state index in [9.17, 15) is 9.59 Å². The molecule has 0 spiro atoms. The third-order valence-corrected chi connectivity index (χ3v) is 5.61. The summed E-state index contributed by atoms with van der Waals surface area (Å²) in [5, 5.41) is 0. The molecule has 0 aromatic rings. The molecule has 0 N–H and O–H groups in total. The fraction of sp³-hybridized carbons (Fsp3) is 0.935.